The number of carbonyl (C=O) groups is 1. The summed E-state index contributed by atoms with van der Waals surface area (Å²) in [7, 11) is 0. The zero-order valence-corrected chi connectivity index (χ0v) is 18.6. The van der Waals surface area contributed by atoms with Gasteiger partial charge in [-0.2, -0.15) is 0 Å². The summed E-state index contributed by atoms with van der Waals surface area (Å²) in [6.07, 6.45) is 5.68. The Balaban J connectivity index is 1.31. The second-order valence-electron chi connectivity index (χ2n) is 8.23. The molecule has 4 rings (SSSR count). The number of nitrogens with one attached hydrogen (secondary N) is 1. The number of rotatable bonds is 6. The van der Waals surface area contributed by atoms with Crippen molar-refractivity contribution in [2.45, 2.75) is 55.6 Å². The lowest BCUT2D eigenvalue weighted by molar-refractivity contribution is -0.126. The van der Waals surface area contributed by atoms with Crippen LogP contribution >= 0.6 is 11.8 Å². The van der Waals surface area contributed by atoms with Crippen molar-refractivity contribution in [2.24, 2.45) is 5.92 Å². The van der Waals surface area contributed by atoms with E-state index in [1.807, 2.05) is 0 Å². The van der Waals surface area contributed by atoms with E-state index in [2.05, 4.69) is 58.3 Å². The van der Waals surface area contributed by atoms with Crippen LogP contribution in [-0.2, 0) is 9.53 Å². The summed E-state index contributed by atoms with van der Waals surface area (Å²) >= 11 is 1.68. The average Bonchev–Trinajstić information content (AvgIpc) is 3.29. The molecule has 1 amide bonds. The number of aryl methyl sites for hydroxylation is 2. The van der Waals surface area contributed by atoms with Gasteiger partial charge in [-0.15, -0.1) is 0 Å². The van der Waals surface area contributed by atoms with Gasteiger partial charge in [-0.25, -0.2) is 9.97 Å². The molecule has 3 heterocycles. The molecule has 2 aromatic rings. The van der Waals surface area contributed by atoms with Crippen molar-refractivity contribution >= 4 is 23.5 Å². The highest BCUT2D eigenvalue weighted by Gasteiger charge is 2.26. The molecule has 7 heteroatoms. The SMILES string of the molecule is Cc1ccc(C)c(Sc2cc(N3CCC(C(=O)NCC4CCCO4)CC3)ncn2)c1. The Morgan fingerprint density at radius 3 is 2.80 bits per heavy atom. The van der Waals surface area contributed by atoms with Gasteiger partial charge in [0.05, 0.1) is 6.10 Å². The van der Waals surface area contributed by atoms with Gasteiger partial charge >= 0.3 is 0 Å². The highest BCUT2D eigenvalue weighted by atomic mass is 32.2. The molecule has 2 saturated heterocycles. The molecule has 2 aliphatic rings. The number of anilines is 1. The van der Waals surface area contributed by atoms with E-state index in [4.69, 9.17) is 4.74 Å². The number of piperidine rings is 1. The summed E-state index contributed by atoms with van der Waals surface area (Å²) in [5, 5.41) is 4.03. The molecule has 0 radical (unpaired) electrons. The Labute approximate surface area is 182 Å². The highest BCUT2D eigenvalue weighted by Crippen LogP contribution is 2.31. The number of ether oxygens (including phenoxy) is 1. The van der Waals surface area contributed by atoms with E-state index in [0.29, 0.717) is 6.54 Å². The smallest absolute Gasteiger partial charge is 0.223 e. The molecule has 2 aliphatic heterocycles. The lowest BCUT2D eigenvalue weighted by Gasteiger charge is -2.32. The van der Waals surface area contributed by atoms with Crippen LogP contribution in [0, 0.1) is 19.8 Å². The van der Waals surface area contributed by atoms with E-state index >= 15 is 0 Å². The van der Waals surface area contributed by atoms with Gasteiger partial charge in [0.2, 0.25) is 5.91 Å². The third kappa shape index (κ3) is 5.32. The lowest BCUT2D eigenvalue weighted by Crippen LogP contribution is -2.42. The van der Waals surface area contributed by atoms with Crippen molar-refractivity contribution in [3.63, 3.8) is 0 Å². The van der Waals surface area contributed by atoms with Crippen LogP contribution in [0.15, 0.2) is 40.5 Å². The molecule has 0 spiro atoms. The van der Waals surface area contributed by atoms with E-state index in [1.54, 1.807) is 18.1 Å². The van der Waals surface area contributed by atoms with Crippen LogP contribution in [0.3, 0.4) is 0 Å². The lowest BCUT2D eigenvalue weighted by atomic mass is 9.96. The molecule has 6 nitrogen and oxygen atoms in total. The quantitative estimate of drug-likeness (QED) is 0.710. The van der Waals surface area contributed by atoms with Gasteiger partial charge in [0.1, 0.15) is 17.2 Å². The fourth-order valence-corrected chi connectivity index (χ4v) is 4.99. The molecule has 1 N–H and O–H groups in total. The predicted molar refractivity (Wildman–Crippen MR) is 119 cm³/mol. The first-order valence-electron chi connectivity index (χ1n) is 10.8. The van der Waals surface area contributed by atoms with Crippen molar-refractivity contribution in [3.8, 4) is 0 Å². The summed E-state index contributed by atoms with van der Waals surface area (Å²) in [6, 6.07) is 8.53. The van der Waals surface area contributed by atoms with Crippen molar-refractivity contribution in [1.82, 2.24) is 15.3 Å². The van der Waals surface area contributed by atoms with Gasteiger partial charge in [-0.1, -0.05) is 23.9 Å². The van der Waals surface area contributed by atoms with Crippen LogP contribution in [0.25, 0.3) is 0 Å². The first-order chi connectivity index (χ1) is 14.6. The minimum atomic E-state index is 0.0771. The van der Waals surface area contributed by atoms with Crippen LogP contribution in [0.5, 0.6) is 0 Å². The number of nitrogens with zero attached hydrogens (tertiary/aromatic N) is 3. The summed E-state index contributed by atoms with van der Waals surface area (Å²) in [5.74, 6) is 1.18. The van der Waals surface area contributed by atoms with Crippen LogP contribution in [0.2, 0.25) is 0 Å². The third-order valence-corrected chi connectivity index (χ3v) is 7.00. The van der Waals surface area contributed by atoms with E-state index in [-0.39, 0.29) is 17.9 Å². The average molecular weight is 427 g/mol. The number of aromatic nitrogens is 2. The van der Waals surface area contributed by atoms with Gasteiger partial charge in [0.15, 0.2) is 0 Å². The maximum absolute atomic E-state index is 12.5. The molecule has 1 unspecified atom stereocenters. The highest BCUT2D eigenvalue weighted by molar-refractivity contribution is 7.99. The first-order valence-corrected chi connectivity index (χ1v) is 11.6. The Kier molecular flexibility index (Phi) is 6.89. The number of amides is 1. The molecular formula is C23H30N4O2S. The predicted octanol–water partition coefficient (Wildman–Crippen LogP) is 3.76. The minimum Gasteiger partial charge on any atom is -0.376 e. The van der Waals surface area contributed by atoms with E-state index in [9.17, 15) is 4.79 Å². The number of carbonyl (C=O) groups excluding carboxylic acids is 1. The number of hydrogen-bond acceptors (Lipinski definition) is 6. The zero-order valence-electron chi connectivity index (χ0n) is 17.8. The number of hydrogen-bond donors (Lipinski definition) is 1. The Morgan fingerprint density at radius 2 is 2.03 bits per heavy atom. The molecule has 0 aliphatic carbocycles. The van der Waals surface area contributed by atoms with Gasteiger partial charge < -0.3 is 15.0 Å². The second-order valence-corrected chi connectivity index (χ2v) is 9.29. The summed E-state index contributed by atoms with van der Waals surface area (Å²) in [4.78, 5) is 24.9. The zero-order chi connectivity index (χ0) is 20.9. The minimum absolute atomic E-state index is 0.0771. The molecule has 1 aromatic carbocycles. The van der Waals surface area contributed by atoms with Crippen LogP contribution < -0.4 is 10.2 Å². The maximum Gasteiger partial charge on any atom is 0.223 e. The van der Waals surface area contributed by atoms with Crippen molar-refractivity contribution in [3.05, 3.63) is 41.7 Å². The topological polar surface area (TPSA) is 67.4 Å². The van der Waals surface area contributed by atoms with Gasteiger partial charge in [-0.3, -0.25) is 4.79 Å². The maximum atomic E-state index is 12.5. The van der Waals surface area contributed by atoms with Crippen molar-refractivity contribution < 1.29 is 9.53 Å². The molecule has 2 fully saturated rings. The largest absolute Gasteiger partial charge is 0.376 e. The van der Waals surface area contributed by atoms with Gasteiger partial charge in [0.25, 0.3) is 0 Å². The van der Waals surface area contributed by atoms with Crippen molar-refractivity contribution in [1.29, 1.82) is 0 Å². The summed E-state index contributed by atoms with van der Waals surface area (Å²) in [6.45, 7) is 7.37. The number of benzene rings is 1. The monoisotopic (exact) mass is 426 g/mol. The van der Waals surface area contributed by atoms with E-state index in [0.717, 1.165) is 56.2 Å². The Hall–Kier alpha value is -2.12. The third-order valence-electron chi connectivity index (χ3n) is 5.90. The normalized spacial score (nSPS) is 19.8. The van der Waals surface area contributed by atoms with E-state index in [1.165, 1.54) is 16.0 Å². The summed E-state index contributed by atoms with van der Waals surface area (Å²) < 4.78 is 5.59. The van der Waals surface area contributed by atoms with Crippen molar-refractivity contribution in [2.75, 3.05) is 31.1 Å². The van der Waals surface area contributed by atoms with Gasteiger partial charge in [-0.05, 0) is 56.7 Å². The van der Waals surface area contributed by atoms with Crippen LogP contribution in [0.4, 0.5) is 5.82 Å². The van der Waals surface area contributed by atoms with Crippen LogP contribution in [0.1, 0.15) is 36.8 Å². The molecule has 1 aromatic heterocycles. The molecular weight excluding hydrogens is 396 g/mol. The first kappa shape index (κ1) is 21.1. The Morgan fingerprint density at radius 1 is 1.20 bits per heavy atom. The fraction of sp³-hybridized carbons (Fsp3) is 0.522. The second kappa shape index (κ2) is 9.79. The van der Waals surface area contributed by atoms with E-state index < -0.39 is 0 Å². The molecule has 30 heavy (non-hydrogen) atoms. The van der Waals surface area contributed by atoms with Crippen LogP contribution in [-0.4, -0.2) is 48.2 Å². The molecule has 0 bridgehead atoms. The summed E-state index contributed by atoms with van der Waals surface area (Å²) in [5.41, 5.74) is 2.50. The fourth-order valence-electron chi connectivity index (χ4n) is 4.02. The molecule has 1 atom stereocenters. The van der Waals surface area contributed by atoms with Gasteiger partial charge in [0, 0.05) is 43.1 Å². The standard InChI is InChI=1S/C23H30N4O2S/c1-16-5-6-17(2)20(12-16)30-22-13-21(25-15-26-22)27-9-7-18(8-10-27)23(28)24-14-19-4-3-11-29-19/h5-6,12-13,15,18-19H,3-4,7-11,14H2,1-2H3,(H,24,28). The molecule has 160 valence electrons. The Bertz CT molecular complexity index is 877. The molecule has 0 saturated carbocycles.